The standard InChI is InChI=1S/C55H90O10/c1-55(2,41-15-19-43(20-16-41)62-45-23-25-47(26-24-45)64-54(60)51-34-39(14-32-50(51)53(58)59)37-11-7-4-8-12-37)42-17-21-44(22-18-42)63-46-27-29-48(30-28-46)65-61-35-40-33-38(13-31-49(40)52(56)57)36-9-5-3-6-10-36/h36-51H,3-35H2,1-2H3,(H,56,57)(H,58,59). The second-order valence-corrected chi connectivity index (χ2v) is 23.9. The van der Waals surface area contributed by atoms with Gasteiger partial charge in [0, 0.05) is 0 Å². The lowest BCUT2D eigenvalue weighted by Crippen LogP contribution is -2.41. The van der Waals surface area contributed by atoms with Crippen molar-refractivity contribution in [3.8, 4) is 0 Å². The molecule has 0 amide bonds. The molecule has 0 saturated heterocycles. The van der Waals surface area contributed by atoms with Gasteiger partial charge in [-0.25, -0.2) is 9.78 Å². The lowest BCUT2D eigenvalue weighted by molar-refractivity contribution is -0.339. The van der Waals surface area contributed by atoms with Gasteiger partial charge >= 0.3 is 17.9 Å². The predicted octanol–water partition coefficient (Wildman–Crippen LogP) is 12.7. The molecule has 0 radical (unpaired) electrons. The molecule has 8 rings (SSSR count). The van der Waals surface area contributed by atoms with Gasteiger partial charge in [0.25, 0.3) is 0 Å². The van der Waals surface area contributed by atoms with E-state index in [-0.39, 0.29) is 36.1 Å². The van der Waals surface area contributed by atoms with Crippen molar-refractivity contribution in [1.82, 2.24) is 0 Å². The van der Waals surface area contributed by atoms with Crippen LogP contribution >= 0.6 is 0 Å². The molecule has 0 aliphatic heterocycles. The van der Waals surface area contributed by atoms with Crippen LogP contribution in [-0.4, -0.2) is 71.4 Å². The number of carboxylic acids is 2. The Morgan fingerprint density at radius 3 is 1.32 bits per heavy atom. The second-order valence-electron chi connectivity index (χ2n) is 23.9. The Bertz CT molecular complexity index is 1470. The molecule has 370 valence electrons. The normalized spacial score (nSPS) is 39.6. The van der Waals surface area contributed by atoms with Crippen LogP contribution in [0.3, 0.4) is 0 Å². The van der Waals surface area contributed by atoms with Crippen LogP contribution in [0.1, 0.15) is 219 Å². The van der Waals surface area contributed by atoms with E-state index in [0.717, 1.165) is 120 Å². The monoisotopic (exact) mass is 911 g/mol. The highest BCUT2D eigenvalue weighted by Crippen LogP contribution is 2.50. The van der Waals surface area contributed by atoms with E-state index in [1.54, 1.807) is 0 Å². The van der Waals surface area contributed by atoms with E-state index in [2.05, 4.69) is 13.8 Å². The number of hydrogen-bond donors (Lipinski definition) is 2. The maximum absolute atomic E-state index is 13.5. The second kappa shape index (κ2) is 23.7. The first-order valence-corrected chi connectivity index (χ1v) is 27.7. The number of hydrogen-bond acceptors (Lipinski definition) is 8. The Morgan fingerprint density at radius 2 is 0.846 bits per heavy atom. The van der Waals surface area contributed by atoms with E-state index in [1.807, 2.05) is 0 Å². The van der Waals surface area contributed by atoms with Crippen molar-refractivity contribution >= 4 is 17.9 Å². The molecule has 65 heavy (non-hydrogen) atoms. The number of ether oxygens (including phenoxy) is 3. The van der Waals surface area contributed by atoms with Crippen molar-refractivity contribution < 1.29 is 48.6 Å². The SMILES string of the molecule is CC(C)(C1CCC(OC2CCC(OOCC3CC(C4CCCCC4)CCC3C(=O)O)CC2)CC1)C1CCC(OC2CCC(OC(=O)C3CC(C4CCCCC4)CCC3C(=O)O)CC2)CC1. The van der Waals surface area contributed by atoms with Gasteiger partial charge in [0.15, 0.2) is 0 Å². The lowest BCUT2D eigenvalue weighted by atomic mass is 9.60. The molecular weight excluding hydrogens is 821 g/mol. The largest absolute Gasteiger partial charge is 0.481 e. The Balaban J connectivity index is 0.684. The van der Waals surface area contributed by atoms with Crippen molar-refractivity contribution in [3.05, 3.63) is 0 Å². The number of carbonyl (C=O) groups is 3. The summed E-state index contributed by atoms with van der Waals surface area (Å²) in [6.07, 6.45) is 35.9. The molecule has 8 saturated carbocycles. The van der Waals surface area contributed by atoms with Gasteiger partial charge in [0.2, 0.25) is 0 Å². The third-order valence-electron chi connectivity index (χ3n) is 19.7. The zero-order chi connectivity index (χ0) is 45.3. The summed E-state index contributed by atoms with van der Waals surface area (Å²) in [6, 6.07) is 0. The van der Waals surface area contributed by atoms with Crippen LogP contribution in [0.5, 0.6) is 0 Å². The molecular formula is C55H90O10. The summed E-state index contributed by atoms with van der Waals surface area (Å²) in [7, 11) is 0. The van der Waals surface area contributed by atoms with Gasteiger partial charge in [-0.3, -0.25) is 14.4 Å². The molecule has 2 N–H and O–H groups in total. The van der Waals surface area contributed by atoms with Crippen molar-refractivity contribution in [1.29, 1.82) is 0 Å². The van der Waals surface area contributed by atoms with Crippen LogP contribution in [0, 0.1) is 64.6 Å². The Hall–Kier alpha value is -1.75. The Kier molecular flexibility index (Phi) is 18.1. The molecule has 10 nitrogen and oxygen atoms in total. The van der Waals surface area contributed by atoms with Crippen molar-refractivity contribution in [3.63, 3.8) is 0 Å². The molecule has 0 heterocycles. The van der Waals surface area contributed by atoms with Crippen LogP contribution < -0.4 is 0 Å². The first-order chi connectivity index (χ1) is 31.5. The van der Waals surface area contributed by atoms with Gasteiger partial charge < -0.3 is 24.4 Å². The average Bonchev–Trinajstić information content (AvgIpc) is 3.33. The van der Waals surface area contributed by atoms with Gasteiger partial charge in [-0.05, 0) is 188 Å². The molecule has 10 heteroatoms. The summed E-state index contributed by atoms with van der Waals surface area (Å²) in [5.74, 6) is 0.818. The predicted molar refractivity (Wildman–Crippen MR) is 250 cm³/mol. The number of carboxylic acid groups (broad SMARTS) is 2. The molecule has 6 atom stereocenters. The van der Waals surface area contributed by atoms with E-state index >= 15 is 0 Å². The maximum Gasteiger partial charge on any atom is 0.310 e. The lowest BCUT2D eigenvalue weighted by Gasteiger charge is -2.47. The van der Waals surface area contributed by atoms with E-state index < -0.39 is 23.8 Å². The Morgan fingerprint density at radius 1 is 0.431 bits per heavy atom. The van der Waals surface area contributed by atoms with Gasteiger partial charge in [0.05, 0.1) is 54.9 Å². The third-order valence-corrected chi connectivity index (χ3v) is 19.7. The van der Waals surface area contributed by atoms with Gasteiger partial charge in [-0.1, -0.05) is 78.1 Å². The maximum atomic E-state index is 13.5. The summed E-state index contributed by atoms with van der Waals surface area (Å²) >= 11 is 0. The number of aliphatic carboxylic acids is 2. The van der Waals surface area contributed by atoms with Crippen LogP contribution in [0.4, 0.5) is 0 Å². The van der Waals surface area contributed by atoms with Crippen molar-refractivity contribution in [2.45, 2.75) is 256 Å². The average molecular weight is 911 g/mol. The molecule has 8 aliphatic carbocycles. The number of esters is 1. The van der Waals surface area contributed by atoms with Crippen LogP contribution in [0.2, 0.25) is 0 Å². The van der Waals surface area contributed by atoms with Crippen LogP contribution in [0.25, 0.3) is 0 Å². The quantitative estimate of drug-likeness (QED) is 0.0874. The minimum absolute atomic E-state index is 0.0459. The number of rotatable bonds is 16. The zero-order valence-corrected chi connectivity index (χ0v) is 40.7. The smallest absolute Gasteiger partial charge is 0.310 e. The van der Waals surface area contributed by atoms with E-state index in [9.17, 15) is 24.6 Å². The van der Waals surface area contributed by atoms with Crippen LogP contribution in [-0.2, 0) is 38.4 Å². The van der Waals surface area contributed by atoms with E-state index in [1.165, 1.54) is 89.9 Å². The highest BCUT2D eigenvalue weighted by Gasteiger charge is 2.45. The molecule has 0 aromatic rings. The van der Waals surface area contributed by atoms with Crippen molar-refractivity contribution in [2.75, 3.05) is 6.61 Å². The molecule has 8 aliphatic rings. The highest BCUT2D eigenvalue weighted by molar-refractivity contribution is 5.81. The fourth-order valence-corrected chi connectivity index (χ4v) is 15.4. The third kappa shape index (κ3) is 13.3. The first-order valence-electron chi connectivity index (χ1n) is 27.7. The van der Waals surface area contributed by atoms with E-state index in [4.69, 9.17) is 24.0 Å². The zero-order valence-electron chi connectivity index (χ0n) is 40.7. The van der Waals surface area contributed by atoms with Crippen LogP contribution in [0.15, 0.2) is 0 Å². The topological polar surface area (TPSA) is 138 Å². The fraction of sp³-hybridized carbons (Fsp3) is 0.945. The van der Waals surface area contributed by atoms with Crippen molar-refractivity contribution in [2.24, 2.45) is 64.6 Å². The highest BCUT2D eigenvalue weighted by atomic mass is 17.2. The summed E-state index contributed by atoms with van der Waals surface area (Å²) < 4.78 is 19.6. The molecule has 0 aromatic heterocycles. The summed E-state index contributed by atoms with van der Waals surface area (Å²) in [4.78, 5) is 49.6. The number of carbonyl (C=O) groups excluding carboxylic acids is 1. The molecule has 0 bridgehead atoms. The summed E-state index contributed by atoms with van der Waals surface area (Å²) in [6.45, 7) is 5.46. The minimum atomic E-state index is -0.835. The Labute approximate surface area is 392 Å². The molecule has 0 aromatic carbocycles. The van der Waals surface area contributed by atoms with Gasteiger partial charge in [-0.15, -0.1) is 0 Å². The molecule has 8 fully saturated rings. The van der Waals surface area contributed by atoms with E-state index in [0.29, 0.717) is 60.9 Å². The van der Waals surface area contributed by atoms with Gasteiger partial charge in [-0.2, -0.15) is 0 Å². The van der Waals surface area contributed by atoms with Gasteiger partial charge in [0.1, 0.15) is 6.10 Å². The summed E-state index contributed by atoms with van der Waals surface area (Å²) in [5.41, 5.74) is 0.306. The summed E-state index contributed by atoms with van der Waals surface area (Å²) in [5, 5.41) is 19.9. The first kappa shape index (κ1) is 49.7. The fourth-order valence-electron chi connectivity index (χ4n) is 15.4. The molecule has 0 spiro atoms. The minimum Gasteiger partial charge on any atom is -0.481 e. The molecule has 6 unspecified atom stereocenters.